The lowest BCUT2D eigenvalue weighted by Crippen LogP contribution is -2.39. The van der Waals surface area contributed by atoms with Crippen LogP contribution in [0.5, 0.6) is 0 Å². The number of nitrogens with one attached hydrogen (secondary N) is 1. The average Bonchev–Trinajstić information content (AvgIpc) is 2.82. The Morgan fingerprint density at radius 1 is 1.37 bits per heavy atom. The van der Waals surface area contributed by atoms with Crippen LogP contribution in [0, 0.1) is 0 Å². The molecule has 2 rings (SSSR count). The minimum atomic E-state index is -3.12. The first-order valence-corrected chi connectivity index (χ1v) is 7.51. The van der Waals surface area contributed by atoms with Crippen molar-refractivity contribution in [3.8, 4) is 0 Å². The van der Waals surface area contributed by atoms with E-state index in [2.05, 4.69) is 22.1 Å². The maximum absolute atomic E-state index is 11.1. The summed E-state index contributed by atoms with van der Waals surface area (Å²) in [5.74, 6) is -0.189. The molecule has 0 bridgehead atoms. The highest BCUT2D eigenvalue weighted by Crippen LogP contribution is 2.03. The predicted molar refractivity (Wildman–Crippen MR) is 72.0 cm³/mol. The van der Waals surface area contributed by atoms with E-state index in [4.69, 9.17) is 11.6 Å². The summed E-state index contributed by atoms with van der Waals surface area (Å²) in [6.45, 7) is 3.35. The fraction of sp³-hybridized carbons (Fsp3) is 0.182. The van der Waals surface area contributed by atoms with Crippen LogP contribution in [0.3, 0.4) is 0 Å². The summed E-state index contributed by atoms with van der Waals surface area (Å²) in [5, 5.41) is 9.99. The van der Waals surface area contributed by atoms with Crippen molar-refractivity contribution in [1.82, 2.24) is 15.5 Å². The zero-order valence-electron chi connectivity index (χ0n) is 10.1. The highest BCUT2D eigenvalue weighted by atomic mass is 35.5. The number of benzene rings is 1. The molecule has 19 heavy (non-hydrogen) atoms. The van der Waals surface area contributed by atoms with E-state index in [1.807, 2.05) is 30.3 Å². The van der Waals surface area contributed by atoms with Crippen molar-refractivity contribution in [2.75, 3.05) is 5.75 Å². The Bertz CT molecular complexity index is 584. The van der Waals surface area contributed by atoms with Crippen molar-refractivity contribution in [3.63, 3.8) is 0 Å². The van der Waals surface area contributed by atoms with Crippen molar-refractivity contribution in [2.24, 2.45) is 0 Å². The normalized spacial score (nSPS) is 10.4. The van der Waals surface area contributed by atoms with Crippen LogP contribution in [0.2, 0.25) is 5.02 Å². The van der Waals surface area contributed by atoms with E-state index < -0.39 is 9.84 Å². The lowest BCUT2D eigenvalue weighted by atomic mass is 10.4. The molecule has 0 fully saturated rings. The summed E-state index contributed by atoms with van der Waals surface area (Å²) in [6, 6.07) is 9.44. The number of H-pyrrole nitrogens is 1. The molecule has 0 unspecified atom stereocenters. The zero-order chi connectivity index (χ0) is 14.1. The van der Waals surface area contributed by atoms with E-state index in [0.29, 0.717) is 0 Å². The molecule has 0 amide bonds. The Balaban J connectivity index is 0.000000218. The molecule has 102 valence electrons. The summed E-state index contributed by atoms with van der Waals surface area (Å²) < 4.78 is 23.5. The molecule has 1 N–H and O–H groups in total. The zero-order valence-corrected chi connectivity index (χ0v) is 11.7. The van der Waals surface area contributed by atoms with E-state index in [0.717, 1.165) is 5.02 Å². The smallest absolute Gasteiger partial charge is 0.225 e. The first kappa shape index (κ1) is 15.3. The second-order valence-electron chi connectivity index (χ2n) is 3.52. The van der Waals surface area contributed by atoms with Crippen molar-refractivity contribution < 1.29 is 13.1 Å². The predicted octanol–water partition coefficient (Wildman–Crippen LogP) is 0.990. The molecule has 0 aliphatic heterocycles. The van der Waals surface area contributed by atoms with Crippen molar-refractivity contribution >= 4 is 21.4 Å². The topological polar surface area (TPSA) is 79.6 Å². The first-order valence-electron chi connectivity index (χ1n) is 5.31. The molecule has 8 heteroatoms. The van der Waals surface area contributed by atoms with Crippen molar-refractivity contribution in [3.05, 3.63) is 54.3 Å². The second kappa shape index (κ2) is 7.65. The molecule has 6 nitrogen and oxygen atoms in total. The maximum atomic E-state index is 11.1. The molecule has 1 heterocycles. The van der Waals surface area contributed by atoms with Crippen LogP contribution in [0.25, 0.3) is 0 Å². The van der Waals surface area contributed by atoms with Gasteiger partial charge in [-0.3, -0.25) is 0 Å². The summed E-state index contributed by atoms with van der Waals surface area (Å²) in [7, 11) is -3.12. The number of tetrazole rings is 1. The Morgan fingerprint density at radius 3 is 2.47 bits per heavy atom. The van der Waals surface area contributed by atoms with Crippen LogP contribution >= 0.6 is 11.6 Å². The molecule has 0 atom stereocenters. The molecule has 1 aromatic heterocycles. The average molecular weight is 302 g/mol. The molecule has 1 aromatic carbocycles. The van der Waals surface area contributed by atoms with Gasteiger partial charge in [-0.1, -0.05) is 41.1 Å². The van der Waals surface area contributed by atoms with Gasteiger partial charge >= 0.3 is 0 Å². The second-order valence-corrected chi connectivity index (χ2v) is 6.04. The van der Waals surface area contributed by atoms with Crippen LogP contribution in [0.1, 0.15) is 0 Å². The van der Waals surface area contributed by atoms with E-state index in [1.165, 1.54) is 17.1 Å². The standard InChI is InChI=1S/C6H5Cl.C5H8N4O2S/c7-6-4-2-1-3-5-6;1-2-3-12(10,11)5-9-4-6-7-8-9/h1-5H;2,4H,1,3,5H2/p+1. The van der Waals surface area contributed by atoms with Crippen LogP contribution in [0.15, 0.2) is 49.3 Å². The van der Waals surface area contributed by atoms with Crippen LogP contribution in [-0.2, 0) is 15.7 Å². The fourth-order valence-corrected chi connectivity index (χ4v) is 2.28. The number of aromatic amines is 1. The number of hydrogen-bond acceptors (Lipinski definition) is 4. The first-order chi connectivity index (χ1) is 9.03. The van der Waals surface area contributed by atoms with Crippen LogP contribution < -0.4 is 4.68 Å². The lowest BCUT2D eigenvalue weighted by Gasteiger charge is -1.95. The molecular formula is C11H14ClN4O2S+. The third kappa shape index (κ3) is 6.68. The SMILES string of the molecule is C=CCS(=O)(=O)C[n+]1cnn[nH]1.Clc1ccccc1. The minimum absolute atomic E-state index is 0.0426. The molecule has 0 saturated heterocycles. The van der Waals surface area contributed by atoms with Gasteiger partial charge in [-0.15, -0.1) is 11.3 Å². The van der Waals surface area contributed by atoms with Gasteiger partial charge in [-0.2, -0.15) is 0 Å². The van der Waals surface area contributed by atoms with Gasteiger partial charge in [0.2, 0.25) is 0 Å². The van der Waals surface area contributed by atoms with E-state index >= 15 is 0 Å². The van der Waals surface area contributed by atoms with Gasteiger partial charge in [0, 0.05) is 5.02 Å². The van der Waals surface area contributed by atoms with Gasteiger partial charge in [-0.25, -0.2) is 8.42 Å². The van der Waals surface area contributed by atoms with Gasteiger partial charge in [-0.05, 0) is 12.1 Å². The number of aromatic nitrogens is 4. The van der Waals surface area contributed by atoms with Gasteiger partial charge in [0.25, 0.3) is 6.33 Å². The van der Waals surface area contributed by atoms with Gasteiger partial charge in [0.05, 0.1) is 5.75 Å². The summed E-state index contributed by atoms with van der Waals surface area (Å²) >= 11 is 5.54. The van der Waals surface area contributed by atoms with Crippen LogP contribution in [-0.4, -0.2) is 29.7 Å². The highest BCUT2D eigenvalue weighted by molar-refractivity contribution is 7.90. The molecule has 2 aromatic rings. The maximum Gasteiger partial charge on any atom is 0.289 e. The molecule has 0 radical (unpaired) electrons. The molecule has 0 aliphatic carbocycles. The van der Waals surface area contributed by atoms with E-state index in [1.54, 1.807) is 0 Å². The summed E-state index contributed by atoms with van der Waals surface area (Å²) in [5.41, 5.74) is 0. The van der Waals surface area contributed by atoms with E-state index in [9.17, 15) is 8.42 Å². The number of nitrogens with zero attached hydrogens (tertiary/aromatic N) is 3. The third-order valence-electron chi connectivity index (χ3n) is 1.86. The minimum Gasteiger partial charge on any atom is -0.225 e. The van der Waals surface area contributed by atoms with Gasteiger partial charge < -0.3 is 0 Å². The molecule has 0 aliphatic rings. The highest BCUT2D eigenvalue weighted by Gasteiger charge is 2.12. The van der Waals surface area contributed by atoms with E-state index in [-0.39, 0.29) is 11.6 Å². The summed E-state index contributed by atoms with van der Waals surface area (Å²) in [4.78, 5) is 0. The third-order valence-corrected chi connectivity index (χ3v) is 3.53. The quantitative estimate of drug-likeness (QED) is 0.674. The number of rotatable bonds is 4. The molecular weight excluding hydrogens is 288 g/mol. The fourth-order valence-electron chi connectivity index (χ4n) is 1.12. The Labute approximate surface area is 116 Å². The Hall–Kier alpha value is -1.73. The van der Waals surface area contributed by atoms with Crippen molar-refractivity contribution in [1.29, 1.82) is 0 Å². The number of hydrogen-bond donors (Lipinski definition) is 1. The monoisotopic (exact) mass is 301 g/mol. The molecule has 0 spiro atoms. The Morgan fingerprint density at radius 2 is 2.05 bits per heavy atom. The lowest BCUT2D eigenvalue weighted by molar-refractivity contribution is -0.736. The van der Waals surface area contributed by atoms with Gasteiger partial charge in [0.1, 0.15) is 5.10 Å². The summed E-state index contributed by atoms with van der Waals surface area (Å²) in [6.07, 6.45) is 2.65. The largest absolute Gasteiger partial charge is 0.289 e. The van der Waals surface area contributed by atoms with Gasteiger partial charge in [0.15, 0.2) is 20.9 Å². The Kier molecular flexibility index (Phi) is 6.17. The molecule has 0 saturated carbocycles. The number of sulfone groups is 1. The van der Waals surface area contributed by atoms with Crippen molar-refractivity contribution in [2.45, 2.75) is 5.88 Å². The number of halogens is 1. The van der Waals surface area contributed by atoms with Crippen LogP contribution in [0.4, 0.5) is 0 Å².